The molecular weight excluding hydrogens is 1660 g/mol. The van der Waals surface area contributed by atoms with Gasteiger partial charge in [0.2, 0.25) is 0 Å². The van der Waals surface area contributed by atoms with Crippen molar-refractivity contribution in [2.24, 2.45) is 0 Å². The van der Waals surface area contributed by atoms with Gasteiger partial charge in [0.15, 0.2) is 11.5 Å². The van der Waals surface area contributed by atoms with Crippen LogP contribution in [0.3, 0.4) is 0 Å². The van der Waals surface area contributed by atoms with Gasteiger partial charge in [0, 0.05) is 32.8 Å². The van der Waals surface area contributed by atoms with E-state index in [1.54, 1.807) is 50.1 Å². The molecule has 17 rings (SSSR count). The average molecular weight is 1830 g/mol. The molecule has 4 aliphatic carbocycles. The van der Waals surface area contributed by atoms with Crippen molar-refractivity contribution in [2.45, 2.75) is 411 Å². The first-order chi connectivity index (χ1) is 68.1. The summed E-state index contributed by atoms with van der Waals surface area (Å²) in [6.07, 6.45) is 66.6. The third-order valence-corrected chi connectivity index (χ3v) is 34.0. The van der Waals surface area contributed by atoms with Gasteiger partial charge in [-0.1, -0.05) is 514 Å². The lowest BCUT2D eigenvalue weighted by molar-refractivity contribution is 0.394. The van der Waals surface area contributed by atoms with Gasteiger partial charge in [0.05, 0.1) is 17.1 Å². The molecule has 0 saturated carbocycles. The standard InChI is InChI=1S/C136H169NO/c1-9-17-25-33-41-62-86-134(87-63-42-34-26-18-10-2)121-75-57-55-73-111(121)117-99-127-119(101-125(117)134)113-81-77-106(95-123(113)136(127,90-64-43-35-27-19-11-3)91-65-44-36-28-20-12-4)108-79-83-129-131(97-108)138-130-96-107(78-82-128(130)137(129)132-114(103-68-50-46-51-69-103)92-109(102-66-48-45-49-67-102)93-115(132)104-70-52-47-53-71-104)105-76-80-112-118-100-124-116(98-126(118)135(122(112)94-105,88-60-39-31-23-15-7)89-61-40-32-24-16-8)110-72-54-56-74-120(110)133(124,84-58-37-29-21-13-5)85-59-38-30-22-14-6/h45-57,66-83,92-101H,9-44,58-65,84-91H2,1-8H3. The molecule has 0 N–H and O–H groups in total. The van der Waals surface area contributed by atoms with Crippen LogP contribution in [-0.2, 0) is 21.7 Å². The van der Waals surface area contributed by atoms with E-state index in [1.807, 2.05) is 0 Å². The van der Waals surface area contributed by atoms with Crippen LogP contribution < -0.4 is 9.64 Å². The average Bonchev–Trinajstić information content (AvgIpc) is 1.53. The molecule has 5 aliphatic rings. The number of anilines is 3. The number of ether oxygens (including phenoxy) is 1. The fourth-order valence-corrected chi connectivity index (χ4v) is 26.6. The third-order valence-electron chi connectivity index (χ3n) is 34.0. The number of hydrogen-bond acceptors (Lipinski definition) is 2. The Morgan fingerprint density at radius 2 is 0.399 bits per heavy atom. The minimum Gasteiger partial charge on any atom is -0.453 e. The van der Waals surface area contributed by atoms with Gasteiger partial charge in [-0.05, 0) is 258 Å². The highest BCUT2D eigenvalue weighted by atomic mass is 16.5. The van der Waals surface area contributed by atoms with E-state index in [2.05, 4.69) is 309 Å². The lowest BCUT2D eigenvalue weighted by atomic mass is 9.68. The minimum atomic E-state index is -0.143. The normalized spacial score (nSPS) is 14.3. The molecule has 0 saturated heterocycles. The maximum Gasteiger partial charge on any atom is 0.152 e. The summed E-state index contributed by atoms with van der Waals surface area (Å²) >= 11 is 0. The van der Waals surface area contributed by atoms with Crippen LogP contribution in [0.1, 0.15) is 434 Å². The largest absolute Gasteiger partial charge is 0.453 e. The van der Waals surface area contributed by atoms with Gasteiger partial charge in [-0.25, -0.2) is 0 Å². The third kappa shape index (κ3) is 21.4. The highest BCUT2D eigenvalue weighted by molar-refractivity contribution is 6.04. The van der Waals surface area contributed by atoms with Crippen molar-refractivity contribution in [3.8, 4) is 112 Å². The summed E-state index contributed by atoms with van der Waals surface area (Å²) in [6.45, 7) is 19.0. The van der Waals surface area contributed by atoms with Crippen molar-refractivity contribution in [1.29, 1.82) is 0 Å². The zero-order valence-corrected chi connectivity index (χ0v) is 86.8. The number of benzene rings is 12. The highest BCUT2D eigenvalue weighted by Crippen LogP contribution is 2.66. The van der Waals surface area contributed by atoms with E-state index in [-0.39, 0.29) is 21.7 Å². The first-order valence-corrected chi connectivity index (χ1v) is 57.1. The maximum atomic E-state index is 8.01. The van der Waals surface area contributed by atoms with Crippen molar-refractivity contribution >= 4 is 17.1 Å². The van der Waals surface area contributed by atoms with Crippen LogP contribution in [-0.4, -0.2) is 0 Å². The number of fused-ring (bicyclic) bond motifs is 14. The van der Waals surface area contributed by atoms with E-state index in [0.29, 0.717) is 0 Å². The molecule has 138 heavy (non-hydrogen) atoms. The summed E-state index contributed by atoms with van der Waals surface area (Å²) < 4.78 is 8.01. The molecule has 0 atom stereocenters. The van der Waals surface area contributed by atoms with Gasteiger partial charge in [0.25, 0.3) is 0 Å². The summed E-state index contributed by atoms with van der Waals surface area (Å²) in [5.41, 5.74) is 39.9. The zero-order valence-electron chi connectivity index (χ0n) is 86.8. The Balaban J connectivity index is 0.843. The van der Waals surface area contributed by atoms with Crippen LogP contribution >= 0.6 is 0 Å². The van der Waals surface area contributed by atoms with E-state index in [0.717, 1.165) is 28.6 Å². The molecule has 0 aromatic heterocycles. The lowest BCUT2D eigenvalue weighted by Gasteiger charge is -2.36. The van der Waals surface area contributed by atoms with E-state index in [9.17, 15) is 0 Å². The zero-order chi connectivity index (χ0) is 94.9. The molecule has 0 bridgehead atoms. The van der Waals surface area contributed by atoms with Crippen LogP contribution in [0.4, 0.5) is 17.1 Å². The second-order valence-corrected chi connectivity index (χ2v) is 43.4. The molecule has 0 unspecified atom stereocenters. The molecule has 12 aromatic carbocycles. The Morgan fingerprint density at radius 3 is 0.696 bits per heavy atom. The molecule has 0 fully saturated rings. The van der Waals surface area contributed by atoms with Crippen LogP contribution in [0.2, 0.25) is 0 Å². The molecule has 1 aliphatic heterocycles. The van der Waals surface area contributed by atoms with Crippen molar-refractivity contribution in [3.63, 3.8) is 0 Å². The summed E-state index contributed by atoms with van der Waals surface area (Å²) in [6, 6.07) is 100. The summed E-state index contributed by atoms with van der Waals surface area (Å²) in [5, 5.41) is 0. The predicted molar refractivity (Wildman–Crippen MR) is 599 cm³/mol. The number of rotatable bonds is 58. The van der Waals surface area contributed by atoms with Gasteiger partial charge in [-0.3, -0.25) is 0 Å². The molecule has 12 aromatic rings. The Labute approximate surface area is 836 Å². The SMILES string of the molecule is CCCCCCCCC1(CCCCCCCC)c2ccccc2-c2cc3c(cc21)-c1ccc(-c2ccc4c(c2)Oc2cc(-c5ccc6c(c5)C(CCCCCCC)(CCCCCCC)c5cc7c(cc5-6)C(CCCCCCC)(CCCCCCC)c5ccccc5-7)ccc2N4c2c(-c4ccccc4)cc(-c4ccccc4)cc2-c2ccccc2)cc1C3(CCCCCCCC)CCCCCCCC. The van der Waals surface area contributed by atoms with E-state index in [1.165, 1.54) is 428 Å². The van der Waals surface area contributed by atoms with Gasteiger partial charge in [-0.15, -0.1) is 0 Å². The number of hydrogen-bond donors (Lipinski definition) is 0. The van der Waals surface area contributed by atoms with Gasteiger partial charge in [-0.2, -0.15) is 0 Å². The maximum absolute atomic E-state index is 8.01. The first-order valence-electron chi connectivity index (χ1n) is 57.1. The van der Waals surface area contributed by atoms with Crippen LogP contribution in [0.5, 0.6) is 11.5 Å². The molecule has 0 spiro atoms. The van der Waals surface area contributed by atoms with E-state index in [4.69, 9.17) is 4.74 Å². The fraction of sp³-hybridized carbons (Fsp3) is 0.471. The molecule has 2 heteroatoms. The van der Waals surface area contributed by atoms with E-state index < -0.39 is 0 Å². The van der Waals surface area contributed by atoms with Crippen molar-refractivity contribution < 1.29 is 4.74 Å². The quantitative estimate of drug-likeness (QED) is 0.0352. The van der Waals surface area contributed by atoms with Crippen LogP contribution in [0.15, 0.2) is 249 Å². The Kier molecular flexibility index (Phi) is 35.2. The number of unbranched alkanes of at least 4 members (excludes halogenated alkanes) is 36. The molecule has 724 valence electrons. The van der Waals surface area contributed by atoms with Gasteiger partial charge in [0.1, 0.15) is 0 Å². The Hall–Kier alpha value is -9.76. The van der Waals surface area contributed by atoms with Crippen molar-refractivity contribution in [2.75, 3.05) is 4.90 Å². The van der Waals surface area contributed by atoms with Crippen molar-refractivity contribution in [3.05, 3.63) is 293 Å². The molecule has 0 amide bonds. The molecular formula is C136H169NO. The minimum absolute atomic E-state index is 0.00285. The predicted octanol–water partition coefficient (Wildman–Crippen LogP) is 43.1. The van der Waals surface area contributed by atoms with Crippen LogP contribution in [0, 0.1) is 0 Å². The lowest BCUT2D eigenvalue weighted by Crippen LogP contribution is -2.27. The first kappa shape index (κ1) is 99.8. The fourth-order valence-electron chi connectivity index (χ4n) is 26.6. The van der Waals surface area contributed by atoms with Crippen LogP contribution in [0.25, 0.3) is 100 Å². The van der Waals surface area contributed by atoms with Gasteiger partial charge < -0.3 is 9.64 Å². The molecule has 1 heterocycles. The van der Waals surface area contributed by atoms with Crippen molar-refractivity contribution in [1.82, 2.24) is 0 Å². The topological polar surface area (TPSA) is 12.5 Å². The van der Waals surface area contributed by atoms with Gasteiger partial charge >= 0.3 is 0 Å². The van der Waals surface area contributed by atoms with E-state index >= 15 is 0 Å². The monoisotopic (exact) mass is 1830 g/mol. The summed E-state index contributed by atoms with van der Waals surface area (Å²) in [4.78, 5) is 2.62. The second-order valence-electron chi connectivity index (χ2n) is 43.4. The number of nitrogens with zero attached hydrogens (tertiary/aromatic N) is 1. The summed E-state index contributed by atoms with van der Waals surface area (Å²) in [5.74, 6) is 1.75. The molecule has 2 nitrogen and oxygen atoms in total. The highest BCUT2D eigenvalue weighted by Gasteiger charge is 2.51. The molecule has 0 radical (unpaired) electrons. The summed E-state index contributed by atoms with van der Waals surface area (Å²) in [7, 11) is 0. The smallest absolute Gasteiger partial charge is 0.152 e. The Bertz CT molecular complexity index is 5750. The second kappa shape index (κ2) is 48.6. The Morgan fingerprint density at radius 1 is 0.167 bits per heavy atom.